The molecule has 0 aliphatic heterocycles. The summed E-state index contributed by atoms with van der Waals surface area (Å²) in [5, 5.41) is 5.74. The molecule has 1 fully saturated rings. The van der Waals surface area contributed by atoms with Crippen molar-refractivity contribution < 1.29 is 18.7 Å². The van der Waals surface area contributed by atoms with E-state index in [2.05, 4.69) is 10.6 Å². The van der Waals surface area contributed by atoms with Crippen LogP contribution in [0.15, 0.2) is 48.5 Å². The quantitative estimate of drug-likeness (QED) is 0.828. The number of rotatable bonds is 5. The molecule has 0 heterocycles. The first-order valence-corrected chi connectivity index (χ1v) is 9.06. The molecular formula is C21H23FN2O3. The lowest BCUT2D eigenvalue weighted by atomic mass is 9.81. The normalized spacial score (nSPS) is 19.2. The van der Waals surface area contributed by atoms with E-state index in [1.165, 1.54) is 12.1 Å². The third-order valence-electron chi connectivity index (χ3n) is 4.94. The monoisotopic (exact) mass is 370 g/mol. The minimum atomic E-state index is -0.337. The van der Waals surface area contributed by atoms with Gasteiger partial charge in [-0.05, 0) is 74.2 Å². The first kappa shape index (κ1) is 18.9. The maximum atomic E-state index is 12.9. The van der Waals surface area contributed by atoms with Gasteiger partial charge in [0.15, 0.2) is 0 Å². The van der Waals surface area contributed by atoms with E-state index in [9.17, 15) is 14.0 Å². The number of ether oxygens (including phenoxy) is 1. The smallest absolute Gasteiger partial charge is 0.227 e. The van der Waals surface area contributed by atoms with E-state index >= 15 is 0 Å². The van der Waals surface area contributed by atoms with Gasteiger partial charge in [0.1, 0.15) is 11.6 Å². The average Bonchev–Trinajstić information content (AvgIpc) is 2.70. The summed E-state index contributed by atoms with van der Waals surface area (Å²) in [5.41, 5.74) is 1.32. The van der Waals surface area contributed by atoms with Crippen LogP contribution in [-0.2, 0) is 9.59 Å². The largest absolute Gasteiger partial charge is 0.497 e. The topological polar surface area (TPSA) is 67.4 Å². The number of benzene rings is 2. The zero-order valence-electron chi connectivity index (χ0n) is 15.2. The van der Waals surface area contributed by atoms with Crippen LogP contribution in [0, 0.1) is 17.7 Å². The van der Waals surface area contributed by atoms with E-state index in [-0.39, 0.29) is 29.5 Å². The highest BCUT2D eigenvalue weighted by atomic mass is 19.1. The Morgan fingerprint density at radius 1 is 0.815 bits per heavy atom. The Morgan fingerprint density at radius 2 is 1.22 bits per heavy atom. The Hall–Kier alpha value is -2.89. The molecule has 1 saturated carbocycles. The maximum Gasteiger partial charge on any atom is 0.227 e. The number of carbonyl (C=O) groups excluding carboxylic acids is 2. The van der Waals surface area contributed by atoms with Crippen molar-refractivity contribution in [3.05, 3.63) is 54.3 Å². The summed E-state index contributed by atoms with van der Waals surface area (Å²) in [6.45, 7) is 0. The van der Waals surface area contributed by atoms with Crippen molar-refractivity contribution in [2.75, 3.05) is 17.7 Å². The highest BCUT2D eigenvalue weighted by molar-refractivity contribution is 5.94. The lowest BCUT2D eigenvalue weighted by Crippen LogP contribution is -2.32. The molecule has 5 nitrogen and oxygen atoms in total. The maximum absolute atomic E-state index is 12.9. The number of halogens is 1. The number of nitrogens with one attached hydrogen (secondary N) is 2. The summed E-state index contributed by atoms with van der Waals surface area (Å²) >= 11 is 0. The molecule has 2 aromatic carbocycles. The average molecular weight is 370 g/mol. The molecule has 27 heavy (non-hydrogen) atoms. The Morgan fingerprint density at radius 3 is 1.63 bits per heavy atom. The lowest BCUT2D eigenvalue weighted by molar-refractivity contribution is -0.125. The Balaban J connectivity index is 1.47. The van der Waals surface area contributed by atoms with E-state index in [0.717, 1.165) is 11.4 Å². The van der Waals surface area contributed by atoms with Crippen LogP contribution in [0.4, 0.5) is 15.8 Å². The van der Waals surface area contributed by atoms with Gasteiger partial charge in [0.2, 0.25) is 11.8 Å². The predicted molar refractivity (Wildman–Crippen MR) is 102 cm³/mol. The summed E-state index contributed by atoms with van der Waals surface area (Å²) in [5.74, 6) is 0.0901. The highest BCUT2D eigenvalue weighted by Crippen LogP contribution is 2.30. The van der Waals surface area contributed by atoms with Crippen molar-refractivity contribution in [3.63, 3.8) is 0 Å². The molecule has 1 aliphatic rings. The van der Waals surface area contributed by atoms with Gasteiger partial charge in [-0.25, -0.2) is 4.39 Å². The van der Waals surface area contributed by atoms with Crippen LogP contribution < -0.4 is 15.4 Å². The number of amides is 2. The van der Waals surface area contributed by atoms with Crippen LogP contribution in [-0.4, -0.2) is 18.9 Å². The minimum absolute atomic E-state index is 0.0161. The fourth-order valence-corrected chi connectivity index (χ4v) is 3.31. The first-order chi connectivity index (χ1) is 13.0. The molecule has 0 aromatic heterocycles. The van der Waals surface area contributed by atoms with Crippen LogP contribution >= 0.6 is 0 Å². The molecule has 0 bridgehead atoms. The molecular weight excluding hydrogens is 347 g/mol. The summed E-state index contributed by atoms with van der Waals surface area (Å²) in [6.07, 6.45) is 2.66. The van der Waals surface area contributed by atoms with Crippen molar-refractivity contribution in [1.82, 2.24) is 0 Å². The van der Waals surface area contributed by atoms with Crippen LogP contribution in [0.5, 0.6) is 5.75 Å². The molecule has 142 valence electrons. The van der Waals surface area contributed by atoms with E-state index in [1.54, 1.807) is 43.5 Å². The fraction of sp³-hybridized carbons (Fsp3) is 0.333. The van der Waals surface area contributed by atoms with E-state index in [4.69, 9.17) is 4.74 Å². The van der Waals surface area contributed by atoms with Crippen molar-refractivity contribution in [2.24, 2.45) is 11.8 Å². The molecule has 0 spiro atoms. The van der Waals surface area contributed by atoms with Gasteiger partial charge in [-0.15, -0.1) is 0 Å². The van der Waals surface area contributed by atoms with Crippen molar-refractivity contribution >= 4 is 23.2 Å². The zero-order valence-corrected chi connectivity index (χ0v) is 15.2. The van der Waals surface area contributed by atoms with Gasteiger partial charge in [-0.3, -0.25) is 9.59 Å². The van der Waals surface area contributed by atoms with Crippen molar-refractivity contribution in [3.8, 4) is 5.75 Å². The molecule has 0 unspecified atom stereocenters. The summed E-state index contributed by atoms with van der Waals surface area (Å²) in [7, 11) is 1.60. The molecule has 6 heteroatoms. The second-order valence-corrected chi connectivity index (χ2v) is 6.76. The first-order valence-electron chi connectivity index (χ1n) is 9.06. The van der Waals surface area contributed by atoms with Gasteiger partial charge in [0, 0.05) is 23.2 Å². The number of carbonyl (C=O) groups is 2. The molecule has 0 radical (unpaired) electrons. The summed E-state index contributed by atoms with van der Waals surface area (Å²) in [6, 6.07) is 12.9. The van der Waals surface area contributed by atoms with Crippen LogP contribution in [0.1, 0.15) is 25.7 Å². The van der Waals surface area contributed by atoms with E-state index in [0.29, 0.717) is 31.4 Å². The van der Waals surface area contributed by atoms with Gasteiger partial charge in [-0.2, -0.15) is 0 Å². The Labute approximate surface area is 157 Å². The second-order valence-electron chi connectivity index (χ2n) is 6.76. The third-order valence-corrected chi connectivity index (χ3v) is 4.94. The zero-order chi connectivity index (χ0) is 19.2. The third kappa shape index (κ3) is 5.06. The van der Waals surface area contributed by atoms with Gasteiger partial charge < -0.3 is 15.4 Å². The standard InChI is InChI=1S/C21H23FN2O3/c1-27-19-12-10-18(11-13-19)24-21(26)15-4-2-14(3-5-15)20(25)23-17-8-6-16(22)7-9-17/h6-15H,2-5H2,1H3,(H,23,25)(H,24,26). The van der Waals surface area contributed by atoms with Crippen LogP contribution in [0.25, 0.3) is 0 Å². The fourth-order valence-electron chi connectivity index (χ4n) is 3.31. The minimum Gasteiger partial charge on any atom is -0.497 e. The molecule has 2 N–H and O–H groups in total. The van der Waals surface area contributed by atoms with E-state index < -0.39 is 0 Å². The van der Waals surface area contributed by atoms with Gasteiger partial charge >= 0.3 is 0 Å². The predicted octanol–water partition coefficient (Wildman–Crippen LogP) is 4.22. The van der Waals surface area contributed by atoms with Crippen LogP contribution in [0.2, 0.25) is 0 Å². The molecule has 0 saturated heterocycles. The molecule has 2 amide bonds. The molecule has 1 aliphatic carbocycles. The van der Waals surface area contributed by atoms with Crippen molar-refractivity contribution in [2.45, 2.75) is 25.7 Å². The molecule has 2 aromatic rings. The highest BCUT2D eigenvalue weighted by Gasteiger charge is 2.30. The number of hydrogen-bond acceptors (Lipinski definition) is 3. The summed E-state index contributed by atoms with van der Waals surface area (Å²) in [4.78, 5) is 24.8. The van der Waals surface area contributed by atoms with Gasteiger partial charge in [-0.1, -0.05) is 0 Å². The second kappa shape index (κ2) is 8.66. The SMILES string of the molecule is COc1ccc(NC(=O)C2CCC(C(=O)Nc3ccc(F)cc3)CC2)cc1. The number of hydrogen-bond donors (Lipinski definition) is 2. The number of methoxy groups -OCH3 is 1. The molecule has 0 atom stereocenters. The Kier molecular flexibility index (Phi) is 6.06. The number of anilines is 2. The van der Waals surface area contributed by atoms with Crippen molar-refractivity contribution in [1.29, 1.82) is 0 Å². The van der Waals surface area contributed by atoms with Crippen LogP contribution in [0.3, 0.4) is 0 Å². The Bertz CT molecular complexity index is 782. The van der Waals surface area contributed by atoms with Gasteiger partial charge in [0.25, 0.3) is 0 Å². The van der Waals surface area contributed by atoms with E-state index in [1.807, 2.05) is 0 Å². The summed E-state index contributed by atoms with van der Waals surface area (Å²) < 4.78 is 18.0. The van der Waals surface area contributed by atoms with Gasteiger partial charge in [0.05, 0.1) is 7.11 Å². The lowest BCUT2D eigenvalue weighted by Gasteiger charge is -2.27. The molecule has 3 rings (SSSR count).